The molecule has 2 aromatic carbocycles. The number of hydrogen-bond acceptors (Lipinski definition) is 4. The van der Waals surface area contributed by atoms with Gasteiger partial charge in [-0.2, -0.15) is 5.10 Å². The highest BCUT2D eigenvalue weighted by Crippen LogP contribution is 2.19. The molecule has 166 valence electrons. The molecule has 0 aliphatic rings. The number of halogens is 2. The number of aromatic amines is 1. The Kier molecular flexibility index (Phi) is 9.70. The van der Waals surface area contributed by atoms with Crippen LogP contribution in [-0.2, 0) is 13.0 Å². The molecule has 0 spiro atoms. The number of H-pyrrole nitrogens is 1. The van der Waals surface area contributed by atoms with E-state index in [0.717, 1.165) is 35.4 Å². The predicted molar refractivity (Wildman–Crippen MR) is 131 cm³/mol. The van der Waals surface area contributed by atoms with Crippen LogP contribution in [0.5, 0.6) is 5.75 Å². The van der Waals surface area contributed by atoms with Gasteiger partial charge in [0.1, 0.15) is 23.9 Å². The van der Waals surface area contributed by atoms with Crippen LogP contribution in [0, 0.1) is 12.7 Å². The van der Waals surface area contributed by atoms with E-state index in [9.17, 15) is 4.39 Å². The van der Waals surface area contributed by atoms with E-state index in [1.54, 1.807) is 13.2 Å². The molecule has 1 heterocycles. The second-order valence-electron chi connectivity index (χ2n) is 6.78. The van der Waals surface area contributed by atoms with Crippen molar-refractivity contribution >= 4 is 29.9 Å². The summed E-state index contributed by atoms with van der Waals surface area (Å²) in [5, 5.41) is 13.7. The van der Waals surface area contributed by atoms with Crippen molar-refractivity contribution in [3.05, 3.63) is 65.2 Å². The first-order chi connectivity index (χ1) is 14.6. The maximum absolute atomic E-state index is 13.2. The third kappa shape index (κ3) is 7.20. The molecule has 1 aromatic heterocycles. The average Bonchev–Trinajstić information content (AvgIpc) is 3.22. The van der Waals surface area contributed by atoms with Crippen LogP contribution >= 0.6 is 24.0 Å². The molecule has 0 bridgehead atoms. The first-order valence-corrected chi connectivity index (χ1v) is 9.92. The molecule has 31 heavy (non-hydrogen) atoms. The van der Waals surface area contributed by atoms with E-state index in [0.29, 0.717) is 30.7 Å². The zero-order valence-corrected chi connectivity index (χ0v) is 20.2. The Labute approximate surface area is 198 Å². The highest BCUT2D eigenvalue weighted by molar-refractivity contribution is 14.0. The Morgan fingerprint density at radius 1 is 1.16 bits per heavy atom. The van der Waals surface area contributed by atoms with Gasteiger partial charge in [-0.05, 0) is 67.8 Å². The molecule has 0 fully saturated rings. The van der Waals surface area contributed by atoms with Gasteiger partial charge in [0.25, 0.3) is 0 Å². The molecule has 3 N–H and O–H groups in total. The van der Waals surface area contributed by atoms with Crippen molar-refractivity contribution < 1.29 is 9.13 Å². The molecule has 0 aliphatic heterocycles. The number of nitrogens with one attached hydrogen (secondary N) is 3. The predicted octanol–water partition coefficient (Wildman–Crippen LogP) is 3.84. The molecule has 9 heteroatoms. The minimum atomic E-state index is -0.208. The summed E-state index contributed by atoms with van der Waals surface area (Å²) in [6, 6.07) is 12.5. The lowest BCUT2D eigenvalue weighted by Crippen LogP contribution is -2.38. The summed E-state index contributed by atoms with van der Waals surface area (Å²) in [5.74, 6) is 2.57. The molecule has 0 aliphatic carbocycles. The fourth-order valence-corrected chi connectivity index (χ4v) is 2.99. The number of ether oxygens (including phenoxy) is 1. The molecule has 3 rings (SSSR count). The Bertz CT molecular complexity index is 990. The van der Waals surface area contributed by atoms with Gasteiger partial charge in [0.05, 0.1) is 7.11 Å². The molecular weight excluding hydrogens is 510 g/mol. The van der Waals surface area contributed by atoms with Crippen LogP contribution in [0.3, 0.4) is 0 Å². The minimum absolute atomic E-state index is 0. The number of aliphatic imine (C=N–C) groups is 1. The Morgan fingerprint density at radius 3 is 2.61 bits per heavy atom. The van der Waals surface area contributed by atoms with Gasteiger partial charge in [-0.15, -0.1) is 24.0 Å². The van der Waals surface area contributed by atoms with Crippen molar-refractivity contribution in [1.29, 1.82) is 0 Å². The van der Waals surface area contributed by atoms with Gasteiger partial charge in [-0.1, -0.05) is 6.07 Å². The number of aryl methyl sites for hydroxylation is 1. The van der Waals surface area contributed by atoms with E-state index < -0.39 is 0 Å². The van der Waals surface area contributed by atoms with Crippen molar-refractivity contribution in [2.75, 3.05) is 20.2 Å². The van der Waals surface area contributed by atoms with Crippen LogP contribution in [0.4, 0.5) is 4.39 Å². The zero-order valence-electron chi connectivity index (χ0n) is 17.9. The molecule has 3 aromatic rings. The number of methoxy groups -OCH3 is 1. The van der Waals surface area contributed by atoms with Crippen molar-refractivity contribution in [2.45, 2.75) is 26.8 Å². The van der Waals surface area contributed by atoms with Gasteiger partial charge >= 0.3 is 0 Å². The second kappa shape index (κ2) is 12.2. The quantitative estimate of drug-likeness (QED) is 0.231. The van der Waals surface area contributed by atoms with Crippen molar-refractivity contribution in [3.63, 3.8) is 0 Å². The molecule has 7 nitrogen and oxygen atoms in total. The van der Waals surface area contributed by atoms with E-state index >= 15 is 0 Å². The summed E-state index contributed by atoms with van der Waals surface area (Å²) in [6.07, 6.45) is 0.778. The maximum Gasteiger partial charge on any atom is 0.191 e. The number of benzene rings is 2. The standard InChI is InChI=1S/C22H27FN6O.HI/c1-4-24-22(25-12-11-16-5-8-18(23)13-15(16)2)26-14-20-27-21(29-28-20)17-6-9-19(30-3)10-7-17;/h5-10,13H,4,11-12,14H2,1-3H3,(H2,24,25,26)(H,27,28,29);1H. The van der Waals surface area contributed by atoms with E-state index in [-0.39, 0.29) is 29.8 Å². The van der Waals surface area contributed by atoms with Crippen LogP contribution in [-0.4, -0.2) is 41.3 Å². The average molecular weight is 538 g/mol. The van der Waals surface area contributed by atoms with Crippen LogP contribution in [0.1, 0.15) is 23.9 Å². The lowest BCUT2D eigenvalue weighted by atomic mass is 10.1. The fraction of sp³-hybridized carbons (Fsp3) is 0.318. The molecular formula is C22H28FIN6O. The lowest BCUT2D eigenvalue weighted by molar-refractivity contribution is 0.415. The zero-order chi connectivity index (χ0) is 21.3. The van der Waals surface area contributed by atoms with E-state index in [1.807, 2.05) is 44.2 Å². The number of nitrogens with zero attached hydrogens (tertiary/aromatic N) is 3. The van der Waals surface area contributed by atoms with Gasteiger partial charge in [0.15, 0.2) is 11.8 Å². The lowest BCUT2D eigenvalue weighted by Gasteiger charge is -2.12. The molecule has 0 atom stereocenters. The summed E-state index contributed by atoms with van der Waals surface area (Å²) in [4.78, 5) is 9.08. The smallest absolute Gasteiger partial charge is 0.191 e. The molecule has 0 radical (unpaired) electrons. The highest BCUT2D eigenvalue weighted by atomic mass is 127. The van der Waals surface area contributed by atoms with Crippen LogP contribution in [0.2, 0.25) is 0 Å². The third-order valence-corrected chi connectivity index (χ3v) is 4.60. The summed E-state index contributed by atoms with van der Waals surface area (Å²) >= 11 is 0. The first-order valence-electron chi connectivity index (χ1n) is 9.92. The third-order valence-electron chi connectivity index (χ3n) is 4.60. The van der Waals surface area contributed by atoms with Crippen molar-refractivity contribution in [2.24, 2.45) is 4.99 Å². The summed E-state index contributed by atoms with van der Waals surface area (Å²) in [6.45, 7) is 5.73. The number of aromatic nitrogens is 3. The van der Waals surface area contributed by atoms with Gasteiger partial charge < -0.3 is 15.4 Å². The monoisotopic (exact) mass is 538 g/mol. The summed E-state index contributed by atoms with van der Waals surface area (Å²) < 4.78 is 18.4. The van der Waals surface area contributed by atoms with Gasteiger partial charge in [0, 0.05) is 18.7 Å². The van der Waals surface area contributed by atoms with Gasteiger partial charge in [0.2, 0.25) is 0 Å². The van der Waals surface area contributed by atoms with Crippen LogP contribution in [0.15, 0.2) is 47.5 Å². The number of guanidine groups is 1. The van der Waals surface area contributed by atoms with Crippen molar-refractivity contribution in [1.82, 2.24) is 25.8 Å². The van der Waals surface area contributed by atoms with Crippen LogP contribution < -0.4 is 15.4 Å². The highest BCUT2D eigenvalue weighted by Gasteiger charge is 2.07. The molecule has 0 unspecified atom stereocenters. The Hall–Kier alpha value is -2.69. The van der Waals surface area contributed by atoms with Crippen LogP contribution in [0.25, 0.3) is 11.4 Å². The number of rotatable bonds is 8. The van der Waals surface area contributed by atoms with E-state index in [1.165, 1.54) is 6.07 Å². The maximum atomic E-state index is 13.2. The SMILES string of the molecule is CCNC(=NCc1nc(-c2ccc(OC)cc2)n[nH]1)NCCc1ccc(F)cc1C.I. The normalized spacial score (nSPS) is 11.0. The van der Waals surface area contributed by atoms with E-state index in [4.69, 9.17) is 4.74 Å². The van der Waals surface area contributed by atoms with E-state index in [2.05, 4.69) is 30.8 Å². The Morgan fingerprint density at radius 2 is 1.94 bits per heavy atom. The number of hydrogen-bond donors (Lipinski definition) is 3. The van der Waals surface area contributed by atoms with Gasteiger partial charge in [-0.25, -0.2) is 14.4 Å². The molecule has 0 amide bonds. The van der Waals surface area contributed by atoms with Crippen molar-refractivity contribution in [3.8, 4) is 17.1 Å². The second-order valence-corrected chi connectivity index (χ2v) is 6.78. The Balaban J connectivity index is 0.00000341. The van der Waals surface area contributed by atoms with Gasteiger partial charge in [-0.3, -0.25) is 5.10 Å². The molecule has 0 saturated heterocycles. The topological polar surface area (TPSA) is 87.2 Å². The fourth-order valence-electron chi connectivity index (χ4n) is 2.99. The summed E-state index contributed by atoms with van der Waals surface area (Å²) in [7, 11) is 1.63. The summed E-state index contributed by atoms with van der Waals surface area (Å²) in [5.41, 5.74) is 2.97. The largest absolute Gasteiger partial charge is 0.497 e. The first kappa shape index (κ1) is 24.6. The molecule has 0 saturated carbocycles. The minimum Gasteiger partial charge on any atom is -0.497 e.